The molecular weight excluding hydrogens is 220 g/mol. The van der Waals surface area contributed by atoms with Crippen molar-refractivity contribution in [3.8, 4) is 0 Å². The third kappa shape index (κ3) is 3.59. The van der Waals surface area contributed by atoms with Crippen LogP contribution in [0.15, 0.2) is 48.7 Å². The maximum absolute atomic E-state index is 4.19. The summed E-state index contributed by atoms with van der Waals surface area (Å²) in [5, 5.41) is 3.45. The smallest absolute Gasteiger partial charge is 0.0393 e. The fourth-order valence-electron chi connectivity index (χ4n) is 2.04. The van der Waals surface area contributed by atoms with E-state index in [0.29, 0.717) is 5.92 Å². The Morgan fingerprint density at radius 3 is 2.67 bits per heavy atom. The van der Waals surface area contributed by atoms with Gasteiger partial charge in [-0.15, -0.1) is 0 Å². The molecule has 1 heterocycles. The summed E-state index contributed by atoms with van der Waals surface area (Å²) in [7, 11) is 0. The van der Waals surface area contributed by atoms with Crippen LogP contribution < -0.4 is 5.32 Å². The monoisotopic (exact) mass is 240 g/mol. The van der Waals surface area contributed by atoms with E-state index in [2.05, 4.69) is 53.6 Å². The van der Waals surface area contributed by atoms with Gasteiger partial charge in [0.2, 0.25) is 0 Å². The molecule has 94 valence electrons. The molecule has 2 heteroatoms. The SMILES string of the molecule is Cc1cc(NCCC(C)c2ccccc2)ccn1. The molecule has 0 bridgehead atoms. The molecule has 0 fully saturated rings. The summed E-state index contributed by atoms with van der Waals surface area (Å²) in [6.45, 7) is 5.27. The average molecular weight is 240 g/mol. The van der Waals surface area contributed by atoms with Crippen LogP contribution in [0.4, 0.5) is 5.69 Å². The van der Waals surface area contributed by atoms with Crippen LogP contribution in [0, 0.1) is 6.92 Å². The number of aromatic nitrogens is 1. The topological polar surface area (TPSA) is 24.9 Å². The Morgan fingerprint density at radius 1 is 1.17 bits per heavy atom. The molecule has 0 radical (unpaired) electrons. The van der Waals surface area contributed by atoms with Gasteiger partial charge in [0.1, 0.15) is 0 Å². The van der Waals surface area contributed by atoms with E-state index >= 15 is 0 Å². The van der Waals surface area contributed by atoms with Crippen molar-refractivity contribution in [3.63, 3.8) is 0 Å². The van der Waals surface area contributed by atoms with E-state index in [1.165, 1.54) is 5.56 Å². The number of nitrogens with zero attached hydrogens (tertiary/aromatic N) is 1. The number of benzene rings is 1. The summed E-state index contributed by atoms with van der Waals surface area (Å²) < 4.78 is 0. The molecule has 18 heavy (non-hydrogen) atoms. The Balaban J connectivity index is 1.82. The Labute approximate surface area is 109 Å². The minimum absolute atomic E-state index is 0.585. The number of hydrogen-bond acceptors (Lipinski definition) is 2. The van der Waals surface area contributed by atoms with Crippen LogP contribution in [0.1, 0.15) is 30.5 Å². The fourth-order valence-corrected chi connectivity index (χ4v) is 2.04. The van der Waals surface area contributed by atoms with Crippen LogP contribution in [0.3, 0.4) is 0 Å². The van der Waals surface area contributed by atoms with Crippen molar-refractivity contribution in [2.24, 2.45) is 0 Å². The van der Waals surface area contributed by atoms with Crippen molar-refractivity contribution >= 4 is 5.69 Å². The van der Waals surface area contributed by atoms with Crippen molar-refractivity contribution in [1.29, 1.82) is 0 Å². The standard InChI is InChI=1S/C16H20N2/c1-13(15-6-4-3-5-7-15)8-10-18-16-9-11-17-14(2)12-16/h3-7,9,11-13H,8,10H2,1-2H3,(H,17,18). The highest BCUT2D eigenvalue weighted by molar-refractivity contribution is 5.42. The van der Waals surface area contributed by atoms with Gasteiger partial charge in [-0.25, -0.2) is 0 Å². The van der Waals surface area contributed by atoms with Crippen molar-refractivity contribution in [1.82, 2.24) is 4.98 Å². The first-order chi connectivity index (χ1) is 8.75. The van der Waals surface area contributed by atoms with Crippen molar-refractivity contribution in [3.05, 3.63) is 59.9 Å². The lowest BCUT2D eigenvalue weighted by atomic mass is 9.98. The second-order valence-corrected chi connectivity index (χ2v) is 4.71. The first-order valence-corrected chi connectivity index (χ1v) is 6.47. The highest BCUT2D eigenvalue weighted by atomic mass is 14.9. The van der Waals surface area contributed by atoms with Crippen LogP contribution in [-0.4, -0.2) is 11.5 Å². The fraction of sp³-hybridized carbons (Fsp3) is 0.312. The van der Waals surface area contributed by atoms with Crippen molar-refractivity contribution < 1.29 is 0 Å². The zero-order valence-corrected chi connectivity index (χ0v) is 11.1. The molecule has 2 rings (SSSR count). The van der Waals surface area contributed by atoms with Gasteiger partial charge in [0.05, 0.1) is 0 Å². The highest BCUT2D eigenvalue weighted by Gasteiger charge is 2.04. The van der Waals surface area contributed by atoms with Crippen LogP contribution in [-0.2, 0) is 0 Å². The molecule has 1 N–H and O–H groups in total. The molecule has 0 aliphatic heterocycles. The first-order valence-electron chi connectivity index (χ1n) is 6.47. The Bertz CT molecular complexity index is 479. The van der Waals surface area contributed by atoms with Gasteiger partial charge in [-0.2, -0.15) is 0 Å². The quantitative estimate of drug-likeness (QED) is 0.854. The van der Waals surface area contributed by atoms with Crippen molar-refractivity contribution in [2.75, 3.05) is 11.9 Å². The van der Waals surface area contributed by atoms with E-state index in [4.69, 9.17) is 0 Å². The molecule has 0 amide bonds. The number of aryl methyl sites for hydroxylation is 1. The number of rotatable bonds is 5. The molecule has 0 spiro atoms. The molecular formula is C16H20N2. The number of pyridine rings is 1. The molecule has 1 aromatic heterocycles. The molecule has 2 aromatic rings. The van der Waals surface area contributed by atoms with Crippen LogP contribution in [0.25, 0.3) is 0 Å². The first kappa shape index (κ1) is 12.6. The van der Waals surface area contributed by atoms with E-state index in [1.807, 2.05) is 19.2 Å². The van der Waals surface area contributed by atoms with Gasteiger partial charge >= 0.3 is 0 Å². The van der Waals surface area contributed by atoms with Gasteiger partial charge in [0.15, 0.2) is 0 Å². The lowest BCUT2D eigenvalue weighted by Gasteiger charge is -2.13. The molecule has 1 atom stereocenters. The van der Waals surface area contributed by atoms with Gasteiger partial charge in [-0.05, 0) is 37.0 Å². The van der Waals surface area contributed by atoms with Gasteiger partial charge in [0.25, 0.3) is 0 Å². The summed E-state index contributed by atoms with van der Waals surface area (Å²) >= 11 is 0. The number of hydrogen-bond donors (Lipinski definition) is 1. The maximum atomic E-state index is 4.19. The maximum Gasteiger partial charge on any atom is 0.0393 e. The molecule has 2 nitrogen and oxygen atoms in total. The number of anilines is 1. The largest absolute Gasteiger partial charge is 0.385 e. The zero-order valence-electron chi connectivity index (χ0n) is 11.1. The van der Waals surface area contributed by atoms with Gasteiger partial charge < -0.3 is 5.32 Å². The summed E-state index contributed by atoms with van der Waals surface area (Å²) in [5.41, 5.74) is 3.61. The zero-order chi connectivity index (χ0) is 12.8. The van der Waals surface area contributed by atoms with Crippen LogP contribution in [0.5, 0.6) is 0 Å². The van der Waals surface area contributed by atoms with Crippen LogP contribution in [0.2, 0.25) is 0 Å². The van der Waals surface area contributed by atoms with E-state index in [1.54, 1.807) is 0 Å². The second kappa shape index (κ2) is 6.20. The summed E-state index contributed by atoms with van der Waals surface area (Å²) in [4.78, 5) is 4.19. The average Bonchev–Trinajstić information content (AvgIpc) is 2.40. The van der Waals surface area contributed by atoms with E-state index in [-0.39, 0.29) is 0 Å². The summed E-state index contributed by atoms with van der Waals surface area (Å²) in [5.74, 6) is 0.585. The normalized spacial score (nSPS) is 12.1. The third-order valence-corrected chi connectivity index (χ3v) is 3.17. The minimum Gasteiger partial charge on any atom is -0.385 e. The molecule has 0 saturated carbocycles. The highest BCUT2D eigenvalue weighted by Crippen LogP contribution is 2.18. The Morgan fingerprint density at radius 2 is 1.94 bits per heavy atom. The Hall–Kier alpha value is -1.83. The predicted octanol–water partition coefficient (Wildman–Crippen LogP) is 4.00. The lowest BCUT2D eigenvalue weighted by molar-refractivity contribution is 0.706. The lowest BCUT2D eigenvalue weighted by Crippen LogP contribution is -2.06. The van der Waals surface area contributed by atoms with Crippen molar-refractivity contribution in [2.45, 2.75) is 26.2 Å². The molecule has 1 unspecified atom stereocenters. The predicted molar refractivity (Wildman–Crippen MR) is 76.9 cm³/mol. The van der Waals surface area contributed by atoms with Gasteiger partial charge in [-0.1, -0.05) is 37.3 Å². The molecule has 0 saturated heterocycles. The summed E-state index contributed by atoms with van der Waals surface area (Å²) in [6.07, 6.45) is 2.98. The summed E-state index contributed by atoms with van der Waals surface area (Å²) in [6, 6.07) is 14.8. The second-order valence-electron chi connectivity index (χ2n) is 4.71. The van der Waals surface area contributed by atoms with E-state index in [9.17, 15) is 0 Å². The molecule has 0 aliphatic carbocycles. The number of nitrogens with one attached hydrogen (secondary N) is 1. The molecule has 0 aliphatic rings. The Kier molecular flexibility index (Phi) is 4.35. The van der Waals surface area contributed by atoms with E-state index in [0.717, 1.165) is 24.3 Å². The minimum atomic E-state index is 0.585. The van der Waals surface area contributed by atoms with Gasteiger partial charge in [0, 0.05) is 24.1 Å². The van der Waals surface area contributed by atoms with Gasteiger partial charge in [-0.3, -0.25) is 4.98 Å². The third-order valence-electron chi connectivity index (χ3n) is 3.17. The van der Waals surface area contributed by atoms with Crippen LogP contribution >= 0.6 is 0 Å². The van der Waals surface area contributed by atoms with E-state index < -0.39 is 0 Å². The molecule has 1 aromatic carbocycles.